The molecule has 0 nitrogen and oxygen atoms in total. The summed E-state index contributed by atoms with van der Waals surface area (Å²) in [6, 6.07) is 0. The molecule has 0 aromatic carbocycles. The van der Waals surface area contributed by atoms with Crippen LogP contribution in [0.2, 0.25) is 0 Å². The van der Waals surface area contributed by atoms with Gasteiger partial charge < -0.3 is 0 Å². The molecule has 13 heavy (non-hydrogen) atoms. The maximum Gasteiger partial charge on any atom is 0.319 e. The van der Waals surface area contributed by atoms with Crippen molar-refractivity contribution in [3.63, 3.8) is 0 Å². The zero-order chi connectivity index (χ0) is 10.5. The molecule has 0 amide bonds. The van der Waals surface area contributed by atoms with Gasteiger partial charge in [0.15, 0.2) is 0 Å². The fraction of sp³-hybridized carbons (Fsp3) is 0.778. The van der Waals surface area contributed by atoms with Gasteiger partial charge in [-0.3, -0.25) is 0 Å². The Balaban J connectivity index is 2.95. The highest BCUT2D eigenvalue weighted by Crippen LogP contribution is 2.63. The predicted octanol–water partition coefficient (Wildman–Crippen LogP) is 3.63. The second-order valence-corrected chi connectivity index (χ2v) is 4.09. The summed E-state index contributed by atoms with van der Waals surface area (Å²) in [6.45, 7) is 4.41. The molecule has 0 radical (unpaired) electrons. The smallest absolute Gasteiger partial charge is 0.200 e. The summed E-state index contributed by atoms with van der Waals surface area (Å²) in [7, 11) is 0. The predicted molar refractivity (Wildman–Crippen MR) is 42.0 cm³/mol. The minimum Gasteiger partial charge on any atom is -0.200 e. The number of hydrogen-bond acceptors (Lipinski definition) is 0. The Morgan fingerprint density at radius 1 is 1.15 bits per heavy atom. The summed E-state index contributed by atoms with van der Waals surface area (Å²) in [5.41, 5.74) is -1.03. The molecule has 0 spiro atoms. The van der Waals surface area contributed by atoms with E-state index in [9.17, 15) is 17.6 Å². The Hall–Kier alpha value is -0.540. The van der Waals surface area contributed by atoms with Crippen molar-refractivity contribution in [2.75, 3.05) is 0 Å². The third kappa shape index (κ3) is 1.27. The average molecular weight is 196 g/mol. The number of rotatable bonds is 1. The van der Waals surface area contributed by atoms with Crippen LogP contribution in [0.4, 0.5) is 17.6 Å². The lowest BCUT2D eigenvalue weighted by Crippen LogP contribution is -2.64. The Bertz CT molecular complexity index is 250. The van der Waals surface area contributed by atoms with Crippen LogP contribution in [-0.4, -0.2) is 11.8 Å². The molecule has 1 unspecified atom stereocenters. The molecule has 1 rings (SSSR count). The Morgan fingerprint density at radius 3 is 1.85 bits per heavy atom. The highest BCUT2D eigenvalue weighted by Gasteiger charge is 2.77. The fourth-order valence-electron chi connectivity index (χ4n) is 1.77. The quantitative estimate of drug-likeness (QED) is 0.443. The van der Waals surface area contributed by atoms with E-state index in [-0.39, 0.29) is 0 Å². The van der Waals surface area contributed by atoms with Crippen LogP contribution in [0.15, 0.2) is 11.6 Å². The van der Waals surface area contributed by atoms with Gasteiger partial charge in [0, 0.05) is 6.42 Å². The van der Waals surface area contributed by atoms with E-state index in [2.05, 4.69) is 0 Å². The van der Waals surface area contributed by atoms with Crippen LogP contribution in [0.3, 0.4) is 0 Å². The standard InChI is InChI=1S/C9H12F4/c1-6(2)4-7(3)5-8(10,11)9(7,12)13/h4H,5H2,1-3H3. The molecule has 0 saturated heterocycles. The molecule has 4 heteroatoms. The van der Waals surface area contributed by atoms with E-state index >= 15 is 0 Å². The average Bonchev–Trinajstić information content (AvgIpc) is 1.82. The first-order valence-electron chi connectivity index (χ1n) is 4.04. The Labute approximate surface area is 74.6 Å². The van der Waals surface area contributed by atoms with E-state index in [0.29, 0.717) is 5.57 Å². The maximum atomic E-state index is 12.9. The molecule has 1 atom stereocenters. The van der Waals surface area contributed by atoms with Gasteiger partial charge in [-0.2, -0.15) is 17.6 Å². The second-order valence-electron chi connectivity index (χ2n) is 4.09. The maximum absolute atomic E-state index is 12.9. The monoisotopic (exact) mass is 196 g/mol. The lowest BCUT2D eigenvalue weighted by molar-refractivity contribution is -0.337. The van der Waals surface area contributed by atoms with Gasteiger partial charge in [-0.15, -0.1) is 0 Å². The third-order valence-corrected chi connectivity index (χ3v) is 2.37. The van der Waals surface area contributed by atoms with E-state index in [1.54, 1.807) is 13.8 Å². The Morgan fingerprint density at radius 2 is 1.62 bits per heavy atom. The van der Waals surface area contributed by atoms with Gasteiger partial charge in [0.25, 0.3) is 0 Å². The Kier molecular flexibility index (Phi) is 2.02. The van der Waals surface area contributed by atoms with Crippen molar-refractivity contribution in [1.82, 2.24) is 0 Å². The third-order valence-electron chi connectivity index (χ3n) is 2.37. The largest absolute Gasteiger partial charge is 0.319 e. The summed E-state index contributed by atoms with van der Waals surface area (Å²) in [6.07, 6.45) is 0.461. The lowest BCUT2D eigenvalue weighted by Gasteiger charge is -2.50. The van der Waals surface area contributed by atoms with Gasteiger partial charge in [-0.25, -0.2) is 0 Å². The molecular formula is C9H12F4. The molecular weight excluding hydrogens is 184 g/mol. The molecule has 1 fully saturated rings. The zero-order valence-electron chi connectivity index (χ0n) is 7.80. The van der Waals surface area contributed by atoms with Gasteiger partial charge >= 0.3 is 11.8 Å². The van der Waals surface area contributed by atoms with Gasteiger partial charge in [0.05, 0.1) is 5.41 Å². The van der Waals surface area contributed by atoms with Crippen molar-refractivity contribution in [2.45, 2.75) is 39.0 Å². The molecule has 76 valence electrons. The number of alkyl halides is 4. The molecule has 1 aliphatic carbocycles. The van der Waals surface area contributed by atoms with E-state index in [4.69, 9.17) is 0 Å². The van der Waals surface area contributed by atoms with E-state index in [0.717, 1.165) is 6.92 Å². The van der Waals surface area contributed by atoms with E-state index in [1.165, 1.54) is 6.08 Å². The van der Waals surface area contributed by atoms with Crippen molar-refractivity contribution in [3.05, 3.63) is 11.6 Å². The summed E-state index contributed by atoms with van der Waals surface area (Å²) in [4.78, 5) is 0. The lowest BCUT2D eigenvalue weighted by atomic mass is 9.63. The number of allylic oxidation sites excluding steroid dienone is 2. The minimum absolute atomic E-state index is 0.637. The first kappa shape index (κ1) is 10.5. The van der Waals surface area contributed by atoms with Crippen molar-refractivity contribution in [1.29, 1.82) is 0 Å². The highest BCUT2D eigenvalue weighted by molar-refractivity contribution is 5.21. The van der Waals surface area contributed by atoms with Gasteiger partial charge in [0.2, 0.25) is 0 Å². The van der Waals surface area contributed by atoms with Crippen molar-refractivity contribution in [3.8, 4) is 0 Å². The summed E-state index contributed by atoms with van der Waals surface area (Å²) >= 11 is 0. The number of hydrogen-bond donors (Lipinski definition) is 0. The molecule has 0 N–H and O–H groups in total. The molecule has 0 heterocycles. The van der Waals surface area contributed by atoms with Crippen LogP contribution < -0.4 is 0 Å². The van der Waals surface area contributed by atoms with E-state index in [1.807, 2.05) is 0 Å². The van der Waals surface area contributed by atoms with E-state index < -0.39 is 23.7 Å². The van der Waals surface area contributed by atoms with Crippen molar-refractivity contribution in [2.24, 2.45) is 5.41 Å². The van der Waals surface area contributed by atoms with Gasteiger partial charge in [-0.1, -0.05) is 11.6 Å². The fourth-order valence-corrected chi connectivity index (χ4v) is 1.77. The van der Waals surface area contributed by atoms with Crippen molar-refractivity contribution >= 4 is 0 Å². The summed E-state index contributed by atoms with van der Waals surface area (Å²) in [5, 5.41) is 0. The molecule has 0 aromatic rings. The highest BCUT2D eigenvalue weighted by atomic mass is 19.3. The topological polar surface area (TPSA) is 0 Å². The second kappa shape index (κ2) is 2.49. The first-order chi connectivity index (χ1) is 5.62. The molecule has 0 bridgehead atoms. The normalized spacial score (nSPS) is 35.0. The van der Waals surface area contributed by atoms with Crippen LogP contribution in [-0.2, 0) is 0 Å². The zero-order valence-corrected chi connectivity index (χ0v) is 7.80. The van der Waals surface area contributed by atoms with Crippen LogP contribution in [0.1, 0.15) is 27.2 Å². The first-order valence-corrected chi connectivity index (χ1v) is 4.04. The molecule has 0 aromatic heterocycles. The van der Waals surface area contributed by atoms with Crippen LogP contribution in [0.25, 0.3) is 0 Å². The molecule has 0 aliphatic heterocycles. The van der Waals surface area contributed by atoms with Gasteiger partial charge in [0.1, 0.15) is 0 Å². The van der Waals surface area contributed by atoms with Crippen LogP contribution in [0, 0.1) is 5.41 Å². The van der Waals surface area contributed by atoms with Crippen molar-refractivity contribution < 1.29 is 17.6 Å². The molecule has 1 saturated carbocycles. The summed E-state index contributed by atoms with van der Waals surface area (Å²) < 4.78 is 50.8. The van der Waals surface area contributed by atoms with Crippen LogP contribution in [0.5, 0.6) is 0 Å². The van der Waals surface area contributed by atoms with Gasteiger partial charge in [-0.05, 0) is 20.8 Å². The number of halogens is 4. The minimum atomic E-state index is -3.91. The molecule has 1 aliphatic rings. The summed E-state index contributed by atoms with van der Waals surface area (Å²) in [5.74, 6) is -7.75. The SMILES string of the molecule is CC(C)=CC1(C)CC(F)(F)C1(F)F. The van der Waals surface area contributed by atoms with Crippen LogP contribution >= 0.6 is 0 Å².